The summed E-state index contributed by atoms with van der Waals surface area (Å²) in [6, 6.07) is 8.93. The van der Waals surface area contributed by atoms with Gasteiger partial charge in [-0.15, -0.1) is 0 Å². The van der Waals surface area contributed by atoms with Gasteiger partial charge in [0, 0.05) is 17.7 Å². The molecule has 2 aliphatic rings. The Hall–Kier alpha value is -2.74. The molecule has 0 saturated carbocycles. The van der Waals surface area contributed by atoms with Gasteiger partial charge in [-0.2, -0.15) is 0 Å². The fraction of sp³-hybridized carbons (Fsp3) is 0.316. The van der Waals surface area contributed by atoms with Crippen LogP contribution in [0.2, 0.25) is 0 Å². The van der Waals surface area contributed by atoms with Crippen LogP contribution < -0.4 is 4.90 Å². The molecule has 140 valence electrons. The van der Waals surface area contributed by atoms with Gasteiger partial charge < -0.3 is 13.9 Å². The summed E-state index contributed by atoms with van der Waals surface area (Å²) in [6.07, 6.45) is 0.678. The van der Waals surface area contributed by atoms with Gasteiger partial charge in [-0.25, -0.2) is 9.59 Å². The first kappa shape index (κ1) is 17.7. The van der Waals surface area contributed by atoms with Crippen molar-refractivity contribution in [1.82, 2.24) is 0 Å². The number of hydrogen-bond donors (Lipinski definition) is 0. The van der Waals surface area contributed by atoms with Gasteiger partial charge in [0.25, 0.3) is 0 Å². The van der Waals surface area contributed by atoms with Gasteiger partial charge in [-0.05, 0) is 25.1 Å². The largest absolute Gasteiger partial charge is 0.465 e. The average molecular weight is 387 g/mol. The molecule has 0 N–H and O–H groups in total. The molecule has 1 aromatic heterocycles. The zero-order valence-corrected chi connectivity index (χ0v) is 15.6. The van der Waals surface area contributed by atoms with Crippen LogP contribution in [0, 0.1) is 6.92 Å². The topological polar surface area (TPSA) is 86.0 Å². The Bertz CT molecular complexity index is 951. The predicted octanol–water partition coefficient (Wildman–Crippen LogP) is 3.05. The normalized spacial score (nSPS) is 20.4. The van der Waals surface area contributed by atoms with Crippen LogP contribution in [0.1, 0.15) is 34.7 Å². The quantitative estimate of drug-likeness (QED) is 0.745. The van der Waals surface area contributed by atoms with E-state index < -0.39 is 16.8 Å². The Morgan fingerprint density at radius 2 is 2.11 bits per heavy atom. The van der Waals surface area contributed by atoms with Crippen LogP contribution in [0.4, 0.5) is 5.69 Å². The second-order valence-corrected chi connectivity index (χ2v) is 7.65. The van der Waals surface area contributed by atoms with Crippen LogP contribution in [-0.4, -0.2) is 29.8 Å². The van der Waals surface area contributed by atoms with E-state index in [1.165, 1.54) is 24.9 Å². The lowest BCUT2D eigenvalue weighted by Gasteiger charge is -2.28. The molecule has 0 aliphatic carbocycles. The fourth-order valence-electron chi connectivity index (χ4n) is 3.45. The third-order valence-corrected chi connectivity index (χ3v) is 6.17. The molecule has 2 aliphatic heterocycles. The SMILES string of the molecule is COC(=O)c1cc(COC(=O)C23CCC(=O)N2c2ccccc2S3)oc1C. The first-order valence-corrected chi connectivity index (χ1v) is 9.24. The number of anilines is 1. The number of nitrogens with zero attached hydrogens (tertiary/aromatic N) is 1. The van der Waals surface area contributed by atoms with Crippen molar-refractivity contribution in [2.75, 3.05) is 12.0 Å². The average Bonchev–Trinajstić information content (AvgIpc) is 3.31. The molecule has 0 spiro atoms. The van der Waals surface area contributed by atoms with Gasteiger partial charge in [0.15, 0.2) is 4.87 Å². The number of thioether (sulfide) groups is 1. The number of carbonyl (C=O) groups is 3. The predicted molar refractivity (Wildman–Crippen MR) is 96.3 cm³/mol. The van der Waals surface area contributed by atoms with Gasteiger partial charge in [0.1, 0.15) is 23.7 Å². The molecule has 7 nitrogen and oxygen atoms in total. The first-order chi connectivity index (χ1) is 13.0. The highest BCUT2D eigenvalue weighted by atomic mass is 32.2. The van der Waals surface area contributed by atoms with Crippen molar-refractivity contribution in [2.24, 2.45) is 0 Å². The minimum Gasteiger partial charge on any atom is -0.465 e. The summed E-state index contributed by atoms with van der Waals surface area (Å²) in [5.41, 5.74) is 1.03. The van der Waals surface area contributed by atoms with E-state index in [2.05, 4.69) is 4.74 Å². The van der Waals surface area contributed by atoms with Crippen LogP contribution in [0.5, 0.6) is 0 Å². The molecule has 0 radical (unpaired) electrons. The van der Waals surface area contributed by atoms with Crippen LogP contribution in [0.15, 0.2) is 39.6 Å². The van der Waals surface area contributed by atoms with Crippen LogP contribution >= 0.6 is 11.8 Å². The Kier molecular flexibility index (Phi) is 4.22. The molecule has 1 saturated heterocycles. The van der Waals surface area contributed by atoms with Crippen molar-refractivity contribution < 1.29 is 28.3 Å². The smallest absolute Gasteiger partial charge is 0.343 e. The highest BCUT2D eigenvalue weighted by Crippen LogP contribution is 2.56. The summed E-state index contributed by atoms with van der Waals surface area (Å²) in [7, 11) is 1.29. The summed E-state index contributed by atoms with van der Waals surface area (Å²) in [4.78, 5) is 38.4. The lowest BCUT2D eigenvalue weighted by Crippen LogP contribution is -2.47. The monoisotopic (exact) mass is 387 g/mol. The number of esters is 2. The Morgan fingerprint density at radius 1 is 1.33 bits per heavy atom. The van der Waals surface area contributed by atoms with E-state index >= 15 is 0 Å². The lowest BCUT2D eigenvalue weighted by molar-refractivity contribution is -0.148. The number of fused-ring (bicyclic) bond motifs is 3. The van der Waals surface area contributed by atoms with Crippen molar-refractivity contribution in [2.45, 2.75) is 36.1 Å². The van der Waals surface area contributed by atoms with Crippen molar-refractivity contribution in [3.63, 3.8) is 0 Å². The number of furan rings is 1. The standard InChI is InChI=1S/C19H17NO6S/c1-11-13(17(22)24-2)9-12(26-11)10-25-18(23)19-8-7-16(21)20(19)14-5-3-4-6-15(14)27-19/h3-6,9H,7-8,10H2,1-2H3. The maximum Gasteiger partial charge on any atom is 0.343 e. The fourth-order valence-corrected chi connectivity index (χ4v) is 4.86. The van der Waals surface area contributed by atoms with Gasteiger partial charge in [0.2, 0.25) is 5.91 Å². The maximum absolute atomic E-state index is 12.9. The van der Waals surface area contributed by atoms with Crippen molar-refractivity contribution in [1.29, 1.82) is 0 Å². The highest BCUT2D eigenvalue weighted by molar-refractivity contribution is 8.02. The minimum absolute atomic E-state index is 0.0915. The second kappa shape index (κ2) is 6.45. The van der Waals surface area contributed by atoms with Crippen LogP contribution in [-0.2, 0) is 25.7 Å². The molecule has 27 heavy (non-hydrogen) atoms. The number of carbonyl (C=O) groups excluding carboxylic acids is 3. The molecule has 1 aromatic carbocycles. The zero-order chi connectivity index (χ0) is 19.2. The van der Waals surface area contributed by atoms with E-state index in [0.717, 1.165) is 10.6 Å². The number of hydrogen-bond acceptors (Lipinski definition) is 7. The van der Waals surface area contributed by atoms with Crippen LogP contribution in [0.3, 0.4) is 0 Å². The third kappa shape index (κ3) is 2.71. The molecule has 2 aromatic rings. The number of benzene rings is 1. The molecular weight excluding hydrogens is 370 g/mol. The van der Waals surface area contributed by atoms with E-state index in [1.54, 1.807) is 11.8 Å². The van der Waals surface area contributed by atoms with E-state index in [1.807, 2.05) is 24.3 Å². The number of ether oxygens (including phenoxy) is 2. The minimum atomic E-state index is -1.08. The molecule has 3 heterocycles. The van der Waals surface area contributed by atoms with Gasteiger partial charge in [0.05, 0.1) is 12.8 Å². The van der Waals surface area contributed by atoms with Crippen molar-refractivity contribution in [3.05, 3.63) is 47.4 Å². The maximum atomic E-state index is 12.9. The number of aryl methyl sites for hydroxylation is 1. The van der Waals surface area contributed by atoms with E-state index in [0.29, 0.717) is 29.9 Å². The molecule has 8 heteroatoms. The summed E-state index contributed by atoms with van der Waals surface area (Å²) >= 11 is 1.34. The van der Waals surface area contributed by atoms with Gasteiger partial charge >= 0.3 is 11.9 Å². The molecule has 1 fully saturated rings. The first-order valence-electron chi connectivity index (χ1n) is 8.42. The number of amides is 1. The number of para-hydroxylation sites is 1. The van der Waals surface area contributed by atoms with Crippen LogP contribution in [0.25, 0.3) is 0 Å². The molecule has 0 bridgehead atoms. The molecule has 4 rings (SSSR count). The molecular formula is C19H17NO6S. The molecule has 1 atom stereocenters. The Labute approximate surface area is 159 Å². The highest BCUT2D eigenvalue weighted by Gasteiger charge is 2.58. The summed E-state index contributed by atoms with van der Waals surface area (Å²) in [5, 5.41) is 0. The van der Waals surface area contributed by atoms with E-state index in [4.69, 9.17) is 9.15 Å². The Morgan fingerprint density at radius 3 is 2.89 bits per heavy atom. The summed E-state index contributed by atoms with van der Waals surface area (Å²) in [6.45, 7) is 1.51. The van der Waals surface area contributed by atoms with Crippen molar-refractivity contribution >= 4 is 35.3 Å². The van der Waals surface area contributed by atoms with Gasteiger partial charge in [-0.3, -0.25) is 9.69 Å². The Balaban J connectivity index is 1.54. The molecule has 1 unspecified atom stereocenters. The van der Waals surface area contributed by atoms with E-state index in [-0.39, 0.29) is 12.5 Å². The molecule has 1 amide bonds. The van der Waals surface area contributed by atoms with Crippen molar-refractivity contribution in [3.8, 4) is 0 Å². The summed E-state index contributed by atoms with van der Waals surface area (Å²) < 4.78 is 15.6. The summed E-state index contributed by atoms with van der Waals surface area (Å²) in [5.74, 6) is -0.364. The second-order valence-electron chi connectivity index (χ2n) is 6.33. The third-order valence-electron chi connectivity index (χ3n) is 4.71. The zero-order valence-electron chi connectivity index (χ0n) is 14.8. The number of methoxy groups -OCH3 is 1. The van der Waals surface area contributed by atoms with E-state index in [9.17, 15) is 14.4 Å². The lowest BCUT2D eigenvalue weighted by atomic mass is 10.2. The van der Waals surface area contributed by atoms with Gasteiger partial charge in [-0.1, -0.05) is 23.9 Å². The number of rotatable bonds is 4.